The normalized spacial score (nSPS) is 15.4. The van der Waals surface area contributed by atoms with Crippen LogP contribution in [0.15, 0.2) is 24.3 Å². The van der Waals surface area contributed by atoms with Gasteiger partial charge in [-0.2, -0.15) is 0 Å². The first-order valence-corrected chi connectivity index (χ1v) is 4.57. The number of rotatable bonds is 3. The average Bonchev–Trinajstić information content (AvgIpc) is 2.09. The lowest BCUT2D eigenvalue weighted by molar-refractivity contribution is 0.0854. The van der Waals surface area contributed by atoms with Crippen molar-refractivity contribution in [3.8, 4) is 0 Å². The number of nitrogens with two attached hydrogens (primary N) is 1. The lowest BCUT2D eigenvalue weighted by Gasteiger charge is -2.20. The summed E-state index contributed by atoms with van der Waals surface area (Å²) in [7, 11) is 1.64. The van der Waals surface area contributed by atoms with Gasteiger partial charge in [0.25, 0.3) is 0 Å². The SMILES string of the molecule is CO[C@@H](c1ccccc1Cl)[C@H](C)N. The van der Waals surface area contributed by atoms with Gasteiger partial charge in [-0.1, -0.05) is 29.8 Å². The Hall–Kier alpha value is -0.570. The van der Waals surface area contributed by atoms with Crippen molar-refractivity contribution in [2.24, 2.45) is 5.73 Å². The predicted octanol–water partition coefficient (Wildman–Crippen LogP) is 2.37. The van der Waals surface area contributed by atoms with E-state index < -0.39 is 0 Å². The smallest absolute Gasteiger partial charge is 0.0983 e. The Morgan fingerprint density at radius 1 is 1.38 bits per heavy atom. The summed E-state index contributed by atoms with van der Waals surface area (Å²) < 4.78 is 5.27. The molecule has 1 aromatic carbocycles. The van der Waals surface area contributed by atoms with Crippen LogP contribution in [0.25, 0.3) is 0 Å². The Morgan fingerprint density at radius 2 is 2.00 bits per heavy atom. The Kier molecular flexibility index (Phi) is 3.72. The Labute approximate surface area is 83.6 Å². The van der Waals surface area contributed by atoms with E-state index >= 15 is 0 Å². The van der Waals surface area contributed by atoms with Crippen molar-refractivity contribution in [2.75, 3.05) is 7.11 Å². The fourth-order valence-corrected chi connectivity index (χ4v) is 1.57. The van der Waals surface area contributed by atoms with E-state index in [-0.39, 0.29) is 12.1 Å². The fraction of sp³-hybridized carbons (Fsp3) is 0.400. The summed E-state index contributed by atoms with van der Waals surface area (Å²) in [6.07, 6.45) is -0.131. The number of halogens is 1. The van der Waals surface area contributed by atoms with E-state index in [2.05, 4.69) is 0 Å². The molecule has 0 saturated carbocycles. The molecule has 0 spiro atoms. The Balaban J connectivity index is 2.97. The highest BCUT2D eigenvalue weighted by atomic mass is 35.5. The lowest BCUT2D eigenvalue weighted by Crippen LogP contribution is -2.26. The van der Waals surface area contributed by atoms with E-state index in [1.165, 1.54) is 0 Å². The van der Waals surface area contributed by atoms with E-state index in [1.807, 2.05) is 31.2 Å². The van der Waals surface area contributed by atoms with Gasteiger partial charge in [-0.25, -0.2) is 0 Å². The molecule has 0 aliphatic heterocycles. The monoisotopic (exact) mass is 199 g/mol. The molecule has 1 rings (SSSR count). The molecule has 0 unspecified atom stereocenters. The molecule has 2 atom stereocenters. The van der Waals surface area contributed by atoms with Crippen LogP contribution in [0.3, 0.4) is 0 Å². The third-order valence-electron chi connectivity index (χ3n) is 1.94. The third-order valence-corrected chi connectivity index (χ3v) is 2.29. The van der Waals surface area contributed by atoms with Gasteiger partial charge in [-0.05, 0) is 13.0 Å². The first kappa shape index (κ1) is 10.5. The summed E-state index contributed by atoms with van der Waals surface area (Å²) in [5, 5.41) is 0.701. The molecule has 0 aliphatic carbocycles. The predicted molar refractivity (Wildman–Crippen MR) is 54.9 cm³/mol. The largest absolute Gasteiger partial charge is 0.375 e. The van der Waals surface area contributed by atoms with Gasteiger partial charge in [0.2, 0.25) is 0 Å². The topological polar surface area (TPSA) is 35.2 Å². The van der Waals surface area contributed by atoms with Crippen LogP contribution in [0.2, 0.25) is 5.02 Å². The van der Waals surface area contributed by atoms with Gasteiger partial charge >= 0.3 is 0 Å². The van der Waals surface area contributed by atoms with Gasteiger partial charge in [-0.3, -0.25) is 0 Å². The zero-order chi connectivity index (χ0) is 9.84. The van der Waals surface area contributed by atoms with Gasteiger partial charge in [-0.15, -0.1) is 0 Å². The molecule has 0 saturated heterocycles. The third kappa shape index (κ3) is 2.44. The van der Waals surface area contributed by atoms with Crippen LogP contribution < -0.4 is 5.73 Å². The number of benzene rings is 1. The molecule has 2 N–H and O–H groups in total. The van der Waals surface area contributed by atoms with Gasteiger partial charge in [0, 0.05) is 23.7 Å². The number of methoxy groups -OCH3 is 1. The van der Waals surface area contributed by atoms with Crippen molar-refractivity contribution in [3.63, 3.8) is 0 Å². The van der Waals surface area contributed by atoms with Gasteiger partial charge in [0.1, 0.15) is 0 Å². The summed E-state index contributed by atoms with van der Waals surface area (Å²) in [6, 6.07) is 7.52. The van der Waals surface area contributed by atoms with Crippen molar-refractivity contribution < 1.29 is 4.74 Å². The van der Waals surface area contributed by atoms with Crippen LogP contribution in [0.5, 0.6) is 0 Å². The van der Waals surface area contributed by atoms with E-state index in [9.17, 15) is 0 Å². The summed E-state index contributed by atoms with van der Waals surface area (Å²) in [5.41, 5.74) is 6.71. The maximum absolute atomic E-state index is 6.01. The molecule has 2 nitrogen and oxygen atoms in total. The second kappa shape index (κ2) is 4.61. The maximum Gasteiger partial charge on any atom is 0.0983 e. The van der Waals surface area contributed by atoms with Crippen LogP contribution in [0.1, 0.15) is 18.6 Å². The van der Waals surface area contributed by atoms with Crippen molar-refractivity contribution in [1.29, 1.82) is 0 Å². The molecule has 0 aliphatic rings. The first-order chi connectivity index (χ1) is 6.16. The molecule has 0 bridgehead atoms. The van der Waals surface area contributed by atoms with Crippen molar-refractivity contribution in [1.82, 2.24) is 0 Å². The van der Waals surface area contributed by atoms with E-state index in [4.69, 9.17) is 22.1 Å². The minimum Gasteiger partial charge on any atom is -0.375 e. The van der Waals surface area contributed by atoms with Crippen LogP contribution in [-0.2, 0) is 4.74 Å². The van der Waals surface area contributed by atoms with Gasteiger partial charge < -0.3 is 10.5 Å². The maximum atomic E-state index is 6.01. The standard InChI is InChI=1S/C10H14ClNO/c1-7(12)10(13-2)8-5-3-4-6-9(8)11/h3-7,10H,12H2,1-2H3/t7-,10+/m0/s1. The molecule has 0 amide bonds. The van der Waals surface area contributed by atoms with Gasteiger partial charge in [0.15, 0.2) is 0 Å². The molecule has 0 radical (unpaired) electrons. The number of ether oxygens (including phenoxy) is 1. The highest BCUT2D eigenvalue weighted by Crippen LogP contribution is 2.26. The molecule has 72 valence electrons. The van der Waals surface area contributed by atoms with Crippen molar-refractivity contribution >= 4 is 11.6 Å². The quantitative estimate of drug-likeness (QED) is 0.812. The molecule has 13 heavy (non-hydrogen) atoms. The highest BCUT2D eigenvalue weighted by molar-refractivity contribution is 6.31. The van der Waals surface area contributed by atoms with Crippen LogP contribution in [0.4, 0.5) is 0 Å². The number of hydrogen-bond donors (Lipinski definition) is 1. The van der Waals surface area contributed by atoms with E-state index in [1.54, 1.807) is 7.11 Å². The number of hydrogen-bond acceptors (Lipinski definition) is 2. The second-order valence-electron chi connectivity index (χ2n) is 3.04. The van der Waals surface area contributed by atoms with E-state index in [0.29, 0.717) is 5.02 Å². The van der Waals surface area contributed by atoms with Crippen LogP contribution in [0, 0.1) is 0 Å². The molecular formula is C10H14ClNO. The fourth-order valence-electron chi connectivity index (χ4n) is 1.33. The minimum absolute atomic E-state index is 0.0649. The lowest BCUT2D eigenvalue weighted by atomic mass is 10.0. The van der Waals surface area contributed by atoms with Crippen molar-refractivity contribution in [2.45, 2.75) is 19.1 Å². The second-order valence-corrected chi connectivity index (χ2v) is 3.44. The zero-order valence-electron chi connectivity index (χ0n) is 7.83. The summed E-state index contributed by atoms with van der Waals surface area (Å²) in [4.78, 5) is 0. The highest BCUT2D eigenvalue weighted by Gasteiger charge is 2.17. The molecular weight excluding hydrogens is 186 g/mol. The minimum atomic E-state index is -0.131. The molecule has 0 fully saturated rings. The van der Waals surface area contributed by atoms with Crippen LogP contribution >= 0.6 is 11.6 Å². The van der Waals surface area contributed by atoms with Crippen molar-refractivity contribution in [3.05, 3.63) is 34.9 Å². The Bertz CT molecular complexity index is 275. The van der Waals surface area contributed by atoms with Crippen LogP contribution in [-0.4, -0.2) is 13.2 Å². The summed E-state index contributed by atoms with van der Waals surface area (Å²) in [5.74, 6) is 0. The van der Waals surface area contributed by atoms with E-state index in [0.717, 1.165) is 5.56 Å². The zero-order valence-corrected chi connectivity index (χ0v) is 8.58. The molecule has 1 aromatic rings. The first-order valence-electron chi connectivity index (χ1n) is 4.19. The molecule has 3 heteroatoms. The molecule has 0 aromatic heterocycles. The van der Waals surface area contributed by atoms with Gasteiger partial charge in [0.05, 0.1) is 6.10 Å². The summed E-state index contributed by atoms with van der Waals surface area (Å²) >= 11 is 6.01. The molecule has 0 heterocycles. The average molecular weight is 200 g/mol. The Morgan fingerprint density at radius 3 is 2.46 bits per heavy atom. The summed E-state index contributed by atoms with van der Waals surface area (Å²) in [6.45, 7) is 1.90.